The molecule has 2 aromatic carbocycles. The molecule has 0 fully saturated rings. The molecule has 1 N–H and O–H groups in total. The first-order chi connectivity index (χ1) is 8.56. The molecule has 4 heteroatoms. The largest absolute Gasteiger partial charge is 0.388 e. The average Bonchev–Trinajstić information content (AvgIpc) is 2.32. The Morgan fingerprint density at radius 1 is 1.11 bits per heavy atom. The normalized spacial score (nSPS) is 12.4. The molecule has 0 radical (unpaired) electrons. The first-order valence-electron chi connectivity index (χ1n) is 5.44. The van der Waals surface area contributed by atoms with Gasteiger partial charge in [-0.1, -0.05) is 51.3 Å². The van der Waals surface area contributed by atoms with Crippen LogP contribution < -0.4 is 0 Å². The van der Waals surface area contributed by atoms with Crippen molar-refractivity contribution >= 4 is 39.1 Å². The summed E-state index contributed by atoms with van der Waals surface area (Å²) in [6.07, 6.45) is -0.162. The Kier molecular flexibility index (Phi) is 4.68. The molecule has 1 atom stereocenters. The minimum absolute atomic E-state index is 0.500. The standard InChI is InChI=1S/C14H11BrCl2O/c15-10-3-1-2-9(6-10)7-14(18)12-8-11(16)4-5-13(12)17/h1-6,8,14,18H,7H2. The fraction of sp³-hybridized carbons (Fsp3) is 0.143. The monoisotopic (exact) mass is 344 g/mol. The van der Waals surface area contributed by atoms with E-state index in [0.29, 0.717) is 22.0 Å². The molecule has 2 aromatic rings. The zero-order chi connectivity index (χ0) is 13.1. The smallest absolute Gasteiger partial charge is 0.0845 e. The molecular weight excluding hydrogens is 335 g/mol. The van der Waals surface area contributed by atoms with E-state index in [1.54, 1.807) is 18.2 Å². The van der Waals surface area contributed by atoms with Gasteiger partial charge in [0.1, 0.15) is 0 Å². The van der Waals surface area contributed by atoms with E-state index >= 15 is 0 Å². The van der Waals surface area contributed by atoms with E-state index in [9.17, 15) is 5.11 Å². The van der Waals surface area contributed by atoms with E-state index < -0.39 is 6.10 Å². The van der Waals surface area contributed by atoms with Crippen molar-refractivity contribution in [3.05, 3.63) is 68.1 Å². The Morgan fingerprint density at radius 3 is 2.61 bits per heavy atom. The summed E-state index contributed by atoms with van der Waals surface area (Å²) in [4.78, 5) is 0. The van der Waals surface area contributed by atoms with Crippen molar-refractivity contribution in [3.63, 3.8) is 0 Å². The molecule has 0 saturated heterocycles. The highest BCUT2D eigenvalue weighted by Gasteiger charge is 2.13. The first-order valence-corrected chi connectivity index (χ1v) is 6.98. The SMILES string of the molecule is OC(Cc1cccc(Br)c1)c1cc(Cl)ccc1Cl. The maximum absolute atomic E-state index is 10.2. The number of hydrogen-bond acceptors (Lipinski definition) is 1. The lowest BCUT2D eigenvalue weighted by molar-refractivity contribution is 0.178. The van der Waals surface area contributed by atoms with Crippen LogP contribution in [0.15, 0.2) is 46.9 Å². The van der Waals surface area contributed by atoms with Crippen molar-refractivity contribution in [2.75, 3.05) is 0 Å². The molecule has 0 aliphatic rings. The molecule has 18 heavy (non-hydrogen) atoms. The number of aliphatic hydroxyl groups excluding tert-OH is 1. The van der Waals surface area contributed by atoms with Crippen LogP contribution in [0.3, 0.4) is 0 Å². The average molecular weight is 346 g/mol. The Morgan fingerprint density at radius 2 is 1.89 bits per heavy atom. The summed E-state index contributed by atoms with van der Waals surface area (Å²) in [6.45, 7) is 0. The topological polar surface area (TPSA) is 20.2 Å². The quantitative estimate of drug-likeness (QED) is 0.826. The van der Waals surface area contributed by atoms with Crippen LogP contribution in [-0.2, 0) is 6.42 Å². The highest BCUT2D eigenvalue weighted by Crippen LogP contribution is 2.28. The number of halogens is 3. The van der Waals surface area contributed by atoms with E-state index in [-0.39, 0.29) is 0 Å². The summed E-state index contributed by atoms with van der Waals surface area (Å²) in [6, 6.07) is 12.9. The zero-order valence-electron chi connectivity index (χ0n) is 9.41. The van der Waals surface area contributed by atoms with Gasteiger partial charge in [-0.2, -0.15) is 0 Å². The van der Waals surface area contributed by atoms with Crippen LogP contribution in [0, 0.1) is 0 Å². The van der Waals surface area contributed by atoms with Crippen LogP contribution in [0.5, 0.6) is 0 Å². The second-order valence-electron chi connectivity index (χ2n) is 4.02. The molecular formula is C14H11BrCl2O. The van der Waals surface area contributed by atoms with Crippen LogP contribution in [0.2, 0.25) is 10.0 Å². The van der Waals surface area contributed by atoms with Crippen LogP contribution in [-0.4, -0.2) is 5.11 Å². The summed E-state index contributed by atoms with van der Waals surface area (Å²) in [5.74, 6) is 0. The first kappa shape index (κ1) is 13.9. The molecule has 1 nitrogen and oxygen atoms in total. The molecule has 94 valence electrons. The van der Waals surface area contributed by atoms with Gasteiger partial charge < -0.3 is 5.11 Å². The Labute approximate surface area is 124 Å². The molecule has 0 amide bonds. The molecule has 0 spiro atoms. The lowest BCUT2D eigenvalue weighted by Crippen LogP contribution is -2.02. The molecule has 2 rings (SSSR count). The van der Waals surface area contributed by atoms with Crippen molar-refractivity contribution in [2.24, 2.45) is 0 Å². The minimum atomic E-state index is -0.662. The summed E-state index contributed by atoms with van der Waals surface area (Å²) in [5, 5.41) is 11.3. The zero-order valence-corrected chi connectivity index (χ0v) is 12.5. The molecule has 0 aromatic heterocycles. The summed E-state index contributed by atoms with van der Waals surface area (Å²) < 4.78 is 0.990. The Balaban J connectivity index is 2.21. The second-order valence-corrected chi connectivity index (χ2v) is 5.77. The molecule has 0 saturated carbocycles. The van der Waals surface area contributed by atoms with E-state index in [0.717, 1.165) is 10.0 Å². The van der Waals surface area contributed by atoms with Gasteiger partial charge in [0.05, 0.1) is 6.10 Å². The maximum Gasteiger partial charge on any atom is 0.0845 e. The van der Waals surface area contributed by atoms with Crippen LogP contribution in [0.1, 0.15) is 17.2 Å². The van der Waals surface area contributed by atoms with Crippen LogP contribution >= 0.6 is 39.1 Å². The van der Waals surface area contributed by atoms with E-state index in [2.05, 4.69) is 15.9 Å². The fourth-order valence-electron chi connectivity index (χ4n) is 1.77. The highest BCUT2D eigenvalue weighted by atomic mass is 79.9. The summed E-state index contributed by atoms with van der Waals surface area (Å²) in [7, 11) is 0. The third kappa shape index (κ3) is 3.48. The molecule has 0 bridgehead atoms. The van der Waals surface area contributed by atoms with Gasteiger partial charge in [0, 0.05) is 26.5 Å². The molecule has 1 unspecified atom stereocenters. The van der Waals surface area contributed by atoms with Gasteiger partial charge in [-0.05, 0) is 35.9 Å². The van der Waals surface area contributed by atoms with Crippen molar-refractivity contribution in [1.82, 2.24) is 0 Å². The summed E-state index contributed by atoms with van der Waals surface area (Å²) >= 11 is 15.4. The molecule has 0 heterocycles. The predicted molar refractivity (Wildman–Crippen MR) is 79.3 cm³/mol. The van der Waals surface area contributed by atoms with Gasteiger partial charge in [0.15, 0.2) is 0 Å². The van der Waals surface area contributed by atoms with Crippen molar-refractivity contribution in [1.29, 1.82) is 0 Å². The number of aliphatic hydroxyl groups is 1. The number of hydrogen-bond donors (Lipinski definition) is 1. The van der Waals surface area contributed by atoms with Crippen molar-refractivity contribution in [3.8, 4) is 0 Å². The molecule has 0 aliphatic carbocycles. The maximum atomic E-state index is 10.2. The number of rotatable bonds is 3. The highest BCUT2D eigenvalue weighted by molar-refractivity contribution is 9.10. The van der Waals surface area contributed by atoms with Crippen LogP contribution in [0.25, 0.3) is 0 Å². The lowest BCUT2D eigenvalue weighted by Gasteiger charge is -2.13. The van der Waals surface area contributed by atoms with Crippen LogP contribution in [0.4, 0.5) is 0 Å². The fourth-order valence-corrected chi connectivity index (χ4v) is 2.64. The van der Waals surface area contributed by atoms with E-state index in [1.807, 2.05) is 24.3 Å². The van der Waals surface area contributed by atoms with E-state index in [1.165, 1.54) is 0 Å². The van der Waals surface area contributed by atoms with Gasteiger partial charge >= 0.3 is 0 Å². The third-order valence-electron chi connectivity index (χ3n) is 2.64. The van der Waals surface area contributed by atoms with Gasteiger partial charge in [-0.25, -0.2) is 0 Å². The summed E-state index contributed by atoms with van der Waals surface area (Å²) in [5.41, 5.74) is 1.69. The van der Waals surface area contributed by atoms with Crippen molar-refractivity contribution in [2.45, 2.75) is 12.5 Å². The Bertz CT molecular complexity index is 557. The van der Waals surface area contributed by atoms with Crippen molar-refractivity contribution < 1.29 is 5.11 Å². The molecule has 0 aliphatic heterocycles. The second kappa shape index (κ2) is 6.07. The Hall–Kier alpha value is -0.540. The minimum Gasteiger partial charge on any atom is -0.388 e. The van der Waals surface area contributed by atoms with Gasteiger partial charge in [-0.3, -0.25) is 0 Å². The van der Waals surface area contributed by atoms with Gasteiger partial charge in [0.25, 0.3) is 0 Å². The lowest BCUT2D eigenvalue weighted by atomic mass is 10.0. The van der Waals surface area contributed by atoms with Gasteiger partial charge in [-0.15, -0.1) is 0 Å². The van der Waals surface area contributed by atoms with Gasteiger partial charge in [0.2, 0.25) is 0 Å². The third-order valence-corrected chi connectivity index (χ3v) is 3.71. The van der Waals surface area contributed by atoms with E-state index in [4.69, 9.17) is 23.2 Å². The predicted octanol–water partition coefficient (Wildman–Crippen LogP) is 5.03. The number of benzene rings is 2.